The second-order valence-electron chi connectivity index (χ2n) is 7.37. The van der Waals surface area contributed by atoms with Gasteiger partial charge in [-0.15, -0.1) is 24.0 Å². The largest absolute Gasteiger partial charge is 0.386 e. The maximum Gasteiger partial charge on any atom is 0.234 e. The van der Waals surface area contributed by atoms with E-state index in [-0.39, 0.29) is 36.4 Å². The molecule has 2 aliphatic rings. The number of rotatable bonds is 7. The van der Waals surface area contributed by atoms with Gasteiger partial charge in [-0.05, 0) is 37.5 Å². The van der Waals surface area contributed by atoms with E-state index in [9.17, 15) is 9.90 Å². The van der Waals surface area contributed by atoms with Gasteiger partial charge in [-0.2, -0.15) is 0 Å². The first-order valence-corrected chi connectivity index (χ1v) is 10.4. The lowest BCUT2D eigenvalue weighted by atomic mass is 10.1. The maximum atomic E-state index is 12.0. The topological polar surface area (TPSA) is 80.2 Å². The molecule has 1 heterocycles. The van der Waals surface area contributed by atoms with E-state index >= 15 is 0 Å². The minimum Gasteiger partial charge on any atom is -0.386 e. The Balaban J connectivity index is 0.00000300. The Morgan fingerprint density at radius 3 is 2.48 bits per heavy atom. The van der Waals surface area contributed by atoms with Gasteiger partial charge in [0.05, 0.1) is 19.2 Å². The van der Waals surface area contributed by atoms with Crippen molar-refractivity contribution in [1.29, 1.82) is 0 Å². The second kappa shape index (κ2) is 11.9. The number of benzene rings is 1. The summed E-state index contributed by atoms with van der Waals surface area (Å²) in [5.41, 5.74) is 0.801. The fraction of sp³-hybridized carbons (Fsp3) is 0.600. The third kappa shape index (κ3) is 7.92. The number of guanidine groups is 1. The molecule has 2 fully saturated rings. The molecular weight excluding hydrogens is 505 g/mol. The van der Waals surface area contributed by atoms with E-state index in [0.29, 0.717) is 17.6 Å². The van der Waals surface area contributed by atoms with Gasteiger partial charge in [0.1, 0.15) is 0 Å². The molecule has 0 radical (unpaired) electrons. The molecule has 162 valence electrons. The van der Waals surface area contributed by atoms with Gasteiger partial charge in [0.25, 0.3) is 0 Å². The fourth-order valence-electron chi connectivity index (χ4n) is 3.21. The van der Waals surface area contributed by atoms with Gasteiger partial charge in [0, 0.05) is 43.8 Å². The number of halogens is 2. The van der Waals surface area contributed by atoms with E-state index in [1.54, 1.807) is 12.1 Å². The molecule has 0 aromatic heterocycles. The van der Waals surface area contributed by atoms with Crippen LogP contribution < -0.4 is 10.6 Å². The van der Waals surface area contributed by atoms with Crippen molar-refractivity contribution in [1.82, 2.24) is 20.4 Å². The number of aliphatic imine (C=N–C) groups is 1. The minimum atomic E-state index is -0.668. The van der Waals surface area contributed by atoms with Gasteiger partial charge < -0.3 is 20.6 Å². The van der Waals surface area contributed by atoms with Crippen molar-refractivity contribution in [2.75, 3.05) is 45.8 Å². The normalized spacial score (nSPS) is 18.7. The summed E-state index contributed by atoms with van der Waals surface area (Å²) in [7, 11) is 0. The number of nitrogens with zero attached hydrogens (tertiary/aromatic N) is 3. The van der Waals surface area contributed by atoms with Crippen LogP contribution in [0.5, 0.6) is 0 Å². The van der Waals surface area contributed by atoms with Crippen molar-refractivity contribution in [3.8, 4) is 0 Å². The Morgan fingerprint density at radius 1 is 1.24 bits per heavy atom. The number of carbonyl (C=O) groups is 1. The molecule has 1 aliphatic heterocycles. The lowest BCUT2D eigenvalue weighted by Crippen LogP contribution is -2.54. The number of amides is 1. The third-order valence-corrected chi connectivity index (χ3v) is 5.24. The van der Waals surface area contributed by atoms with E-state index in [1.165, 1.54) is 0 Å². The van der Waals surface area contributed by atoms with E-state index in [2.05, 4.69) is 25.4 Å². The fourth-order valence-corrected chi connectivity index (χ4v) is 3.34. The van der Waals surface area contributed by atoms with Gasteiger partial charge in [0.2, 0.25) is 5.91 Å². The number of aliphatic hydroxyl groups is 1. The first kappa shape index (κ1) is 24.2. The van der Waals surface area contributed by atoms with Crippen LogP contribution >= 0.6 is 35.6 Å². The van der Waals surface area contributed by atoms with E-state index < -0.39 is 6.10 Å². The molecule has 3 N–H and O–H groups in total. The van der Waals surface area contributed by atoms with Crippen molar-refractivity contribution >= 4 is 47.4 Å². The summed E-state index contributed by atoms with van der Waals surface area (Å²) in [6.45, 7) is 6.80. The molecule has 1 aliphatic carbocycles. The molecule has 1 atom stereocenters. The summed E-state index contributed by atoms with van der Waals surface area (Å²) in [6.07, 6.45) is 1.56. The lowest BCUT2D eigenvalue weighted by Gasteiger charge is -2.36. The Morgan fingerprint density at radius 2 is 1.90 bits per heavy atom. The monoisotopic (exact) mass is 535 g/mol. The van der Waals surface area contributed by atoms with Crippen LogP contribution in [0.15, 0.2) is 29.3 Å². The highest BCUT2D eigenvalue weighted by Gasteiger charge is 2.26. The summed E-state index contributed by atoms with van der Waals surface area (Å²) in [5.74, 6) is 0.931. The molecule has 1 unspecified atom stereocenters. The number of hydrogen-bond donors (Lipinski definition) is 3. The van der Waals surface area contributed by atoms with E-state index in [0.717, 1.165) is 57.1 Å². The Hall–Kier alpha value is -1.10. The first-order valence-electron chi connectivity index (χ1n) is 10.0. The van der Waals surface area contributed by atoms with Crippen LogP contribution in [0.3, 0.4) is 0 Å². The standard InChI is InChI=1S/C20H30ClN5O2.HI/c1-2-22-20(23-13-18(27)15-3-5-16(21)6-4-15)26-11-9-25(10-12-26)14-19(28)24-17-7-8-17;/h3-6,17-18,27H,2,7-14H2,1H3,(H,22,23)(H,24,28);1H. The highest BCUT2D eigenvalue weighted by Crippen LogP contribution is 2.18. The van der Waals surface area contributed by atoms with Crippen LogP contribution in [0.2, 0.25) is 5.02 Å². The van der Waals surface area contributed by atoms with Gasteiger partial charge in [-0.1, -0.05) is 23.7 Å². The molecule has 29 heavy (non-hydrogen) atoms. The molecule has 1 saturated carbocycles. The molecule has 1 aromatic carbocycles. The molecule has 0 bridgehead atoms. The van der Waals surface area contributed by atoms with Gasteiger partial charge >= 0.3 is 0 Å². The predicted octanol–water partition coefficient (Wildman–Crippen LogP) is 1.85. The number of carbonyl (C=O) groups excluding carboxylic acids is 1. The summed E-state index contributed by atoms with van der Waals surface area (Å²) in [4.78, 5) is 21.0. The summed E-state index contributed by atoms with van der Waals surface area (Å²) in [5, 5.41) is 17.4. The van der Waals surface area contributed by atoms with Crippen LogP contribution in [-0.4, -0.2) is 78.6 Å². The number of piperazine rings is 1. The Labute approximate surface area is 194 Å². The molecule has 1 amide bonds. The summed E-state index contributed by atoms with van der Waals surface area (Å²) < 4.78 is 0. The van der Waals surface area contributed by atoms with Crippen molar-refractivity contribution in [2.45, 2.75) is 31.9 Å². The van der Waals surface area contributed by atoms with Crippen LogP contribution in [-0.2, 0) is 4.79 Å². The highest BCUT2D eigenvalue weighted by molar-refractivity contribution is 14.0. The van der Waals surface area contributed by atoms with E-state index in [1.807, 2.05) is 19.1 Å². The second-order valence-corrected chi connectivity index (χ2v) is 7.80. The van der Waals surface area contributed by atoms with Crippen molar-refractivity contribution in [3.05, 3.63) is 34.9 Å². The molecular formula is C20H31ClIN5O2. The summed E-state index contributed by atoms with van der Waals surface area (Å²) >= 11 is 5.90. The van der Waals surface area contributed by atoms with Crippen molar-refractivity contribution in [3.63, 3.8) is 0 Å². The van der Waals surface area contributed by atoms with Crippen LogP contribution in [0.25, 0.3) is 0 Å². The minimum absolute atomic E-state index is 0. The maximum absolute atomic E-state index is 12.0. The SMILES string of the molecule is CCNC(=NCC(O)c1ccc(Cl)cc1)N1CCN(CC(=O)NC2CC2)CC1.I. The molecule has 9 heteroatoms. The average molecular weight is 536 g/mol. The third-order valence-electron chi connectivity index (χ3n) is 4.99. The zero-order valence-corrected chi connectivity index (χ0v) is 19.9. The Bertz CT molecular complexity index is 676. The predicted molar refractivity (Wildman–Crippen MR) is 127 cm³/mol. The van der Waals surface area contributed by atoms with Crippen LogP contribution in [0.1, 0.15) is 31.4 Å². The number of nitrogens with one attached hydrogen (secondary N) is 2. The smallest absolute Gasteiger partial charge is 0.234 e. The average Bonchev–Trinajstić information content (AvgIpc) is 3.50. The van der Waals surface area contributed by atoms with Crippen LogP contribution in [0.4, 0.5) is 0 Å². The number of aliphatic hydroxyl groups excluding tert-OH is 1. The Kier molecular flexibility index (Phi) is 9.94. The molecule has 1 saturated heterocycles. The number of hydrogen-bond acceptors (Lipinski definition) is 4. The van der Waals surface area contributed by atoms with Crippen molar-refractivity contribution in [2.24, 2.45) is 4.99 Å². The highest BCUT2D eigenvalue weighted by atomic mass is 127. The molecule has 7 nitrogen and oxygen atoms in total. The van der Waals surface area contributed by atoms with Crippen LogP contribution in [0, 0.1) is 0 Å². The molecule has 3 rings (SSSR count). The van der Waals surface area contributed by atoms with Gasteiger partial charge in [-0.25, -0.2) is 0 Å². The van der Waals surface area contributed by atoms with E-state index in [4.69, 9.17) is 11.6 Å². The molecule has 0 spiro atoms. The quantitative estimate of drug-likeness (QED) is 0.282. The van der Waals surface area contributed by atoms with Crippen molar-refractivity contribution < 1.29 is 9.90 Å². The zero-order valence-electron chi connectivity index (χ0n) is 16.8. The van der Waals surface area contributed by atoms with Gasteiger partial charge in [0.15, 0.2) is 5.96 Å². The first-order chi connectivity index (χ1) is 13.5. The zero-order chi connectivity index (χ0) is 19.9. The lowest BCUT2D eigenvalue weighted by molar-refractivity contribution is -0.122. The molecule has 1 aromatic rings. The van der Waals surface area contributed by atoms with Gasteiger partial charge in [-0.3, -0.25) is 14.7 Å². The summed E-state index contributed by atoms with van der Waals surface area (Å²) in [6, 6.07) is 7.59.